The molecule has 20 heavy (non-hydrogen) atoms. The van der Waals surface area contributed by atoms with Gasteiger partial charge in [-0.1, -0.05) is 6.92 Å². The molecule has 0 radical (unpaired) electrons. The molecule has 1 aromatic heterocycles. The number of methoxy groups -OCH3 is 1. The fourth-order valence-electron chi connectivity index (χ4n) is 1.91. The second-order valence-electron chi connectivity index (χ2n) is 4.45. The number of nitrogens with zero attached hydrogens (tertiary/aromatic N) is 1. The van der Waals surface area contributed by atoms with Gasteiger partial charge in [0.1, 0.15) is 5.75 Å². The minimum atomic E-state index is -0.327. The summed E-state index contributed by atoms with van der Waals surface area (Å²) in [6.07, 6.45) is 0.702. The van der Waals surface area contributed by atoms with E-state index in [1.54, 1.807) is 19.2 Å². The maximum atomic E-state index is 12.2. The lowest BCUT2D eigenvalue weighted by atomic mass is 10.2. The zero-order chi connectivity index (χ0) is 14.7. The van der Waals surface area contributed by atoms with E-state index in [0.717, 1.165) is 17.0 Å². The number of amides is 1. The molecular weight excluding hydrogens is 256 g/mol. The Morgan fingerprint density at radius 1 is 1.50 bits per heavy atom. The average molecular weight is 274 g/mol. The van der Waals surface area contributed by atoms with E-state index in [0.29, 0.717) is 17.8 Å². The van der Waals surface area contributed by atoms with Gasteiger partial charge in [-0.25, -0.2) is 0 Å². The van der Waals surface area contributed by atoms with Crippen molar-refractivity contribution in [2.24, 2.45) is 0 Å². The fourth-order valence-corrected chi connectivity index (χ4v) is 1.91. The van der Waals surface area contributed by atoms with E-state index in [9.17, 15) is 4.79 Å². The fraction of sp³-hybridized carbons (Fsp3) is 0.286. The molecule has 4 N–H and O–H groups in total. The molecule has 6 nitrogen and oxygen atoms in total. The minimum absolute atomic E-state index is 0.220. The van der Waals surface area contributed by atoms with Crippen molar-refractivity contribution in [1.29, 1.82) is 0 Å². The highest BCUT2D eigenvalue weighted by molar-refractivity contribution is 6.06. The van der Waals surface area contributed by atoms with Crippen LogP contribution in [0.3, 0.4) is 0 Å². The Morgan fingerprint density at radius 3 is 2.80 bits per heavy atom. The molecule has 0 saturated heterocycles. The molecule has 0 aliphatic heterocycles. The molecule has 6 heteroatoms. The number of anilines is 2. The third-order valence-electron chi connectivity index (χ3n) is 3.13. The quantitative estimate of drug-likeness (QED) is 0.796. The Morgan fingerprint density at radius 2 is 2.25 bits per heavy atom. The van der Waals surface area contributed by atoms with Crippen LogP contribution in [0.4, 0.5) is 11.4 Å². The summed E-state index contributed by atoms with van der Waals surface area (Å²) in [5, 5.41) is 9.53. The first-order chi connectivity index (χ1) is 9.56. The highest BCUT2D eigenvalue weighted by atomic mass is 16.5. The van der Waals surface area contributed by atoms with E-state index in [-0.39, 0.29) is 11.6 Å². The average Bonchev–Trinajstić information content (AvgIpc) is 2.82. The second kappa shape index (κ2) is 5.64. The summed E-state index contributed by atoms with van der Waals surface area (Å²) in [5.41, 5.74) is 8.87. The van der Waals surface area contributed by atoms with Crippen LogP contribution >= 0.6 is 0 Å². The molecule has 2 rings (SSSR count). The number of benzene rings is 1. The Kier molecular flexibility index (Phi) is 3.93. The van der Waals surface area contributed by atoms with Gasteiger partial charge < -0.3 is 15.8 Å². The SMILES string of the molecule is CCc1[nH]nc(C(=O)Nc2ccc(OC)cc2C)c1N. The third-order valence-corrected chi connectivity index (χ3v) is 3.13. The molecule has 1 heterocycles. The summed E-state index contributed by atoms with van der Waals surface area (Å²) in [6.45, 7) is 3.84. The number of H-pyrrole nitrogens is 1. The normalized spacial score (nSPS) is 10.3. The van der Waals surface area contributed by atoms with Gasteiger partial charge in [0.25, 0.3) is 5.91 Å². The summed E-state index contributed by atoms with van der Waals surface area (Å²) < 4.78 is 5.13. The van der Waals surface area contributed by atoms with Crippen LogP contribution in [0.25, 0.3) is 0 Å². The van der Waals surface area contributed by atoms with Crippen molar-refractivity contribution in [2.45, 2.75) is 20.3 Å². The first-order valence-electron chi connectivity index (χ1n) is 6.35. The van der Waals surface area contributed by atoms with E-state index in [1.165, 1.54) is 0 Å². The Labute approximate surface area is 117 Å². The van der Waals surface area contributed by atoms with Crippen molar-refractivity contribution >= 4 is 17.3 Å². The molecular formula is C14H18N4O2. The van der Waals surface area contributed by atoms with Crippen molar-refractivity contribution < 1.29 is 9.53 Å². The van der Waals surface area contributed by atoms with Crippen LogP contribution < -0.4 is 15.8 Å². The van der Waals surface area contributed by atoms with Crippen LogP contribution in [0.1, 0.15) is 28.7 Å². The van der Waals surface area contributed by atoms with Crippen molar-refractivity contribution in [3.63, 3.8) is 0 Å². The highest BCUT2D eigenvalue weighted by Crippen LogP contribution is 2.22. The number of nitrogens with one attached hydrogen (secondary N) is 2. The van der Waals surface area contributed by atoms with Gasteiger partial charge in [-0.15, -0.1) is 0 Å². The number of carbonyl (C=O) groups is 1. The van der Waals surface area contributed by atoms with Crippen molar-refractivity contribution in [3.05, 3.63) is 35.2 Å². The second-order valence-corrected chi connectivity index (χ2v) is 4.45. The third kappa shape index (κ3) is 2.59. The number of hydrogen-bond acceptors (Lipinski definition) is 4. The van der Waals surface area contributed by atoms with E-state index in [1.807, 2.05) is 19.9 Å². The zero-order valence-corrected chi connectivity index (χ0v) is 11.8. The number of aromatic amines is 1. The van der Waals surface area contributed by atoms with Gasteiger partial charge in [0.15, 0.2) is 5.69 Å². The molecule has 2 aromatic rings. The van der Waals surface area contributed by atoms with E-state index in [4.69, 9.17) is 10.5 Å². The molecule has 1 aromatic carbocycles. The Balaban J connectivity index is 2.21. The first-order valence-corrected chi connectivity index (χ1v) is 6.35. The lowest BCUT2D eigenvalue weighted by molar-refractivity contribution is 0.102. The number of hydrogen-bond donors (Lipinski definition) is 3. The van der Waals surface area contributed by atoms with Crippen molar-refractivity contribution in [2.75, 3.05) is 18.2 Å². The first kappa shape index (κ1) is 13.9. The predicted molar refractivity (Wildman–Crippen MR) is 78.1 cm³/mol. The summed E-state index contributed by atoms with van der Waals surface area (Å²) >= 11 is 0. The highest BCUT2D eigenvalue weighted by Gasteiger charge is 2.17. The summed E-state index contributed by atoms with van der Waals surface area (Å²) in [7, 11) is 1.60. The number of nitrogen functional groups attached to an aromatic ring is 1. The monoisotopic (exact) mass is 274 g/mol. The van der Waals surface area contributed by atoms with Gasteiger partial charge in [-0.3, -0.25) is 9.89 Å². The van der Waals surface area contributed by atoms with Crippen LogP contribution in [0.2, 0.25) is 0 Å². The van der Waals surface area contributed by atoms with Gasteiger partial charge in [0.05, 0.1) is 18.5 Å². The van der Waals surface area contributed by atoms with E-state index >= 15 is 0 Å². The summed E-state index contributed by atoms with van der Waals surface area (Å²) in [4.78, 5) is 12.2. The van der Waals surface area contributed by atoms with Crippen LogP contribution in [0.15, 0.2) is 18.2 Å². The van der Waals surface area contributed by atoms with Crippen molar-refractivity contribution in [3.8, 4) is 5.75 Å². The Hall–Kier alpha value is -2.50. The minimum Gasteiger partial charge on any atom is -0.497 e. The molecule has 0 unspecified atom stereocenters. The molecule has 0 saturated carbocycles. The summed E-state index contributed by atoms with van der Waals surface area (Å²) in [6, 6.07) is 5.42. The number of rotatable bonds is 4. The number of carbonyl (C=O) groups excluding carboxylic acids is 1. The van der Waals surface area contributed by atoms with Gasteiger partial charge >= 0.3 is 0 Å². The zero-order valence-electron chi connectivity index (χ0n) is 11.8. The standard InChI is InChI=1S/C14H18N4O2/c1-4-10-12(15)13(18-17-10)14(19)16-11-6-5-9(20-3)7-8(11)2/h5-7H,4,15H2,1-3H3,(H,16,19)(H,17,18). The van der Waals surface area contributed by atoms with Crippen LogP contribution in [-0.2, 0) is 6.42 Å². The molecule has 0 fully saturated rings. The maximum Gasteiger partial charge on any atom is 0.278 e. The lowest BCUT2D eigenvalue weighted by Gasteiger charge is -2.09. The van der Waals surface area contributed by atoms with E-state index in [2.05, 4.69) is 15.5 Å². The van der Waals surface area contributed by atoms with Crippen molar-refractivity contribution in [1.82, 2.24) is 10.2 Å². The lowest BCUT2D eigenvalue weighted by Crippen LogP contribution is -2.15. The number of aryl methyl sites for hydroxylation is 2. The molecule has 0 aliphatic rings. The van der Waals surface area contributed by atoms with Gasteiger partial charge in [-0.2, -0.15) is 5.10 Å². The van der Waals surface area contributed by atoms with Crippen LogP contribution in [-0.4, -0.2) is 23.2 Å². The largest absolute Gasteiger partial charge is 0.497 e. The summed E-state index contributed by atoms with van der Waals surface area (Å²) in [5.74, 6) is 0.416. The number of nitrogens with two attached hydrogens (primary N) is 1. The van der Waals surface area contributed by atoms with Crippen LogP contribution in [0, 0.1) is 6.92 Å². The van der Waals surface area contributed by atoms with Gasteiger partial charge in [0, 0.05) is 5.69 Å². The van der Waals surface area contributed by atoms with Gasteiger partial charge in [0.2, 0.25) is 0 Å². The predicted octanol–water partition coefficient (Wildman–Crippen LogP) is 2.12. The molecule has 0 atom stereocenters. The Bertz CT molecular complexity index is 634. The van der Waals surface area contributed by atoms with Crippen LogP contribution in [0.5, 0.6) is 5.75 Å². The number of aromatic nitrogens is 2. The smallest absolute Gasteiger partial charge is 0.278 e. The molecule has 1 amide bonds. The van der Waals surface area contributed by atoms with E-state index < -0.39 is 0 Å². The molecule has 0 spiro atoms. The molecule has 0 aliphatic carbocycles. The van der Waals surface area contributed by atoms with Gasteiger partial charge in [-0.05, 0) is 37.1 Å². The maximum absolute atomic E-state index is 12.2. The number of ether oxygens (including phenoxy) is 1. The molecule has 106 valence electrons. The molecule has 0 bridgehead atoms. The topological polar surface area (TPSA) is 93.0 Å².